The Balaban J connectivity index is 3.02. The molecule has 1 N–H and O–H groups in total. The Hall–Kier alpha value is -1.01. The molecule has 1 rings (SSSR count). The maximum atomic E-state index is 12.5. The predicted octanol–water partition coefficient (Wildman–Crippen LogP) is 2.07. The first-order chi connectivity index (χ1) is 8.56. The average molecular weight is 285 g/mol. The summed E-state index contributed by atoms with van der Waals surface area (Å²) in [7, 11) is 0. The fourth-order valence-electron chi connectivity index (χ4n) is 1.76. The van der Waals surface area contributed by atoms with Gasteiger partial charge < -0.3 is 10.0 Å². The molecule has 0 unspecified atom stereocenters. The quantitative estimate of drug-likeness (QED) is 0.919. The van der Waals surface area contributed by atoms with Crippen LogP contribution in [0.15, 0.2) is 0 Å². The summed E-state index contributed by atoms with van der Waals surface area (Å²) in [6, 6.07) is 0. The third-order valence-electron chi connectivity index (χ3n) is 2.64. The number of amides is 1. The molecule has 108 valence electrons. The van der Waals surface area contributed by atoms with Gasteiger partial charge in [0.25, 0.3) is 5.91 Å². The zero-order chi connectivity index (χ0) is 14.8. The molecule has 0 saturated carbocycles. The van der Waals surface area contributed by atoms with Crippen LogP contribution in [-0.4, -0.2) is 44.2 Å². The van der Waals surface area contributed by atoms with E-state index in [1.54, 1.807) is 18.7 Å². The summed E-state index contributed by atoms with van der Waals surface area (Å²) in [5.41, 5.74) is -0.408. The summed E-state index contributed by atoms with van der Waals surface area (Å²) in [5, 5.41) is 14.0. The molecular formula is C13H23N3O2S. The van der Waals surface area contributed by atoms with Gasteiger partial charge in [0.15, 0.2) is 0 Å². The van der Waals surface area contributed by atoms with Gasteiger partial charge in [-0.25, -0.2) is 0 Å². The van der Waals surface area contributed by atoms with Crippen molar-refractivity contribution >= 4 is 17.4 Å². The molecule has 0 saturated heterocycles. The van der Waals surface area contributed by atoms with Crippen molar-refractivity contribution < 1.29 is 9.90 Å². The third-order valence-corrected chi connectivity index (χ3v) is 3.35. The molecule has 1 aromatic rings. The lowest BCUT2D eigenvalue weighted by molar-refractivity contribution is 0.0316. The molecule has 19 heavy (non-hydrogen) atoms. The van der Waals surface area contributed by atoms with Crippen molar-refractivity contribution in [1.82, 2.24) is 14.5 Å². The molecule has 0 aliphatic heterocycles. The lowest BCUT2D eigenvalue weighted by Gasteiger charge is -2.28. The van der Waals surface area contributed by atoms with Crippen LogP contribution in [0, 0.1) is 0 Å². The highest BCUT2D eigenvalue weighted by Gasteiger charge is 2.30. The number of likely N-dealkylation sites (N-methyl/N-ethyl adjacent to an activating group) is 1. The molecule has 1 amide bonds. The van der Waals surface area contributed by atoms with E-state index in [1.807, 2.05) is 27.7 Å². The minimum Gasteiger partial charge on any atom is -0.389 e. The van der Waals surface area contributed by atoms with Crippen molar-refractivity contribution in [3.05, 3.63) is 10.6 Å². The standard InChI is InChI=1S/C13H23N3O2S/c1-7-16(8-13(5,6)18)11(17)9-10(12(2,3)4)14-15-19-9/h18H,7-8H2,1-6H3. The van der Waals surface area contributed by atoms with Crippen LogP contribution in [0.3, 0.4) is 0 Å². The Bertz CT molecular complexity index is 443. The first-order valence-electron chi connectivity index (χ1n) is 6.40. The average Bonchev–Trinajstić information content (AvgIpc) is 2.71. The highest BCUT2D eigenvalue weighted by Crippen LogP contribution is 2.27. The van der Waals surface area contributed by atoms with Crippen molar-refractivity contribution in [3.8, 4) is 0 Å². The zero-order valence-electron chi connectivity index (χ0n) is 12.5. The number of hydrogen-bond acceptors (Lipinski definition) is 5. The topological polar surface area (TPSA) is 66.3 Å². The minimum atomic E-state index is -0.911. The Kier molecular flexibility index (Phi) is 4.68. The Morgan fingerprint density at radius 1 is 1.32 bits per heavy atom. The number of carbonyl (C=O) groups is 1. The molecule has 1 aromatic heterocycles. The number of nitrogens with zero attached hydrogens (tertiary/aromatic N) is 3. The highest BCUT2D eigenvalue weighted by atomic mass is 32.1. The van der Waals surface area contributed by atoms with Gasteiger partial charge >= 0.3 is 0 Å². The molecule has 6 heteroatoms. The first-order valence-corrected chi connectivity index (χ1v) is 7.18. The molecule has 5 nitrogen and oxygen atoms in total. The predicted molar refractivity (Wildman–Crippen MR) is 76.5 cm³/mol. The SMILES string of the molecule is CCN(CC(C)(C)O)C(=O)c1snnc1C(C)(C)C. The van der Waals surface area contributed by atoms with Crippen LogP contribution in [0.25, 0.3) is 0 Å². The maximum absolute atomic E-state index is 12.5. The number of aliphatic hydroxyl groups is 1. The summed E-state index contributed by atoms with van der Waals surface area (Å²) < 4.78 is 3.90. The molecule has 0 atom stereocenters. The lowest BCUT2D eigenvalue weighted by atomic mass is 9.91. The van der Waals surface area contributed by atoms with Gasteiger partial charge in [-0.15, -0.1) is 5.10 Å². The summed E-state index contributed by atoms with van der Waals surface area (Å²) >= 11 is 1.12. The highest BCUT2D eigenvalue weighted by molar-refractivity contribution is 7.08. The van der Waals surface area contributed by atoms with Crippen LogP contribution in [0.5, 0.6) is 0 Å². The summed E-state index contributed by atoms with van der Waals surface area (Å²) in [5.74, 6) is -0.107. The molecule has 0 radical (unpaired) electrons. The van der Waals surface area contributed by atoms with E-state index < -0.39 is 5.60 Å². The summed E-state index contributed by atoms with van der Waals surface area (Å²) in [6.07, 6.45) is 0. The fourth-order valence-corrected chi connectivity index (χ4v) is 2.60. The van der Waals surface area contributed by atoms with E-state index in [0.29, 0.717) is 18.0 Å². The summed E-state index contributed by atoms with van der Waals surface area (Å²) in [4.78, 5) is 14.7. The zero-order valence-corrected chi connectivity index (χ0v) is 13.3. The van der Waals surface area contributed by atoms with E-state index in [1.165, 1.54) is 0 Å². The van der Waals surface area contributed by atoms with Gasteiger partial charge in [0.05, 0.1) is 11.3 Å². The largest absolute Gasteiger partial charge is 0.389 e. The van der Waals surface area contributed by atoms with E-state index in [2.05, 4.69) is 9.59 Å². The second-order valence-electron chi connectivity index (χ2n) is 6.33. The van der Waals surface area contributed by atoms with E-state index >= 15 is 0 Å². The van der Waals surface area contributed by atoms with Crippen molar-refractivity contribution in [2.45, 2.75) is 52.6 Å². The van der Waals surface area contributed by atoms with Crippen molar-refractivity contribution in [2.24, 2.45) is 0 Å². The molecule has 0 aliphatic rings. The van der Waals surface area contributed by atoms with Crippen molar-refractivity contribution in [1.29, 1.82) is 0 Å². The number of aromatic nitrogens is 2. The van der Waals surface area contributed by atoms with Gasteiger partial charge in [0, 0.05) is 18.5 Å². The van der Waals surface area contributed by atoms with Crippen LogP contribution >= 0.6 is 11.5 Å². The van der Waals surface area contributed by atoms with Gasteiger partial charge in [0.1, 0.15) is 4.88 Å². The van der Waals surface area contributed by atoms with Gasteiger partial charge in [-0.1, -0.05) is 25.3 Å². The Morgan fingerprint density at radius 2 is 1.89 bits per heavy atom. The van der Waals surface area contributed by atoms with Crippen LogP contribution < -0.4 is 0 Å². The number of hydrogen-bond donors (Lipinski definition) is 1. The maximum Gasteiger partial charge on any atom is 0.267 e. The third kappa shape index (κ3) is 4.24. The van der Waals surface area contributed by atoms with Crippen LogP contribution in [0.2, 0.25) is 0 Å². The second-order valence-corrected chi connectivity index (χ2v) is 7.09. The van der Waals surface area contributed by atoms with E-state index in [9.17, 15) is 9.90 Å². The fraction of sp³-hybridized carbons (Fsp3) is 0.769. The molecular weight excluding hydrogens is 262 g/mol. The van der Waals surface area contributed by atoms with Crippen LogP contribution in [0.1, 0.15) is 56.9 Å². The molecule has 0 fully saturated rings. The minimum absolute atomic E-state index is 0.107. The smallest absolute Gasteiger partial charge is 0.267 e. The molecule has 0 bridgehead atoms. The normalized spacial score (nSPS) is 12.6. The Morgan fingerprint density at radius 3 is 2.32 bits per heavy atom. The summed E-state index contributed by atoms with van der Waals surface area (Å²) in [6.45, 7) is 12.1. The number of rotatable bonds is 4. The van der Waals surface area contributed by atoms with Gasteiger partial charge in [-0.2, -0.15) is 0 Å². The van der Waals surface area contributed by atoms with Gasteiger partial charge in [-0.3, -0.25) is 4.79 Å². The van der Waals surface area contributed by atoms with Crippen molar-refractivity contribution in [2.75, 3.05) is 13.1 Å². The molecule has 0 aliphatic carbocycles. The molecule has 0 spiro atoms. The van der Waals surface area contributed by atoms with E-state index in [4.69, 9.17) is 0 Å². The van der Waals surface area contributed by atoms with Crippen molar-refractivity contribution in [3.63, 3.8) is 0 Å². The van der Waals surface area contributed by atoms with E-state index in [-0.39, 0.29) is 11.3 Å². The van der Waals surface area contributed by atoms with Gasteiger partial charge in [-0.05, 0) is 32.3 Å². The Labute approximate surface area is 118 Å². The second kappa shape index (κ2) is 5.54. The van der Waals surface area contributed by atoms with Gasteiger partial charge in [0.2, 0.25) is 0 Å². The lowest BCUT2D eigenvalue weighted by Crippen LogP contribution is -2.42. The molecule has 0 aromatic carbocycles. The van der Waals surface area contributed by atoms with Crippen LogP contribution in [-0.2, 0) is 5.41 Å². The first kappa shape index (κ1) is 16.0. The van der Waals surface area contributed by atoms with E-state index in [0.717, 1.165) is 17.2 Å². The molecule has 1 heterocycles. The monoisotopic (exact) mass is 285 g/mol. The number of carbonyl (C=O) groups excluding carboxylic acids is 1. The van der Waals surface area contributed by atoms with Crippen LogP contribution in [0.4, 0.5) is 0 Å².